The van der Waals surface area contributed by atoms with Gasteiger partial charge in [-0.15, -0.1) is 0 Å². The van der Waals surface area contributed by atoms with Crippen LogP contribution in [0.2, 0.25) is 0 Å². The van der Waals surface area contributed by atoms with E-state index in [9.17, 15) is 0 Å². The Morgan fingerprint density at radius 1 is 1.30 bits per heavy atom. The second-order valence-corrected chi connectivity index (χ2v) is 6.80. The lowest BCUT2D eigenvalue weighted by Gasteiger charge is -2.35. The maximum atomic E-state index is 5.44. The predicted molar refractivity (Wildman–Crippen MR) is 87.0 cm³/mol. The molecule has 0 aliphatic heterocycles. The number of hydrogen-bond acceptors (Lipinski definition) is 3. The monoisotopic (exact) mass is 334 g/mol. The molecule has 0 radical (unpaired) electrons. The highest BCUT2D eigenvalue weighted by Gasteiger charge is 2.28. The molecule has 106 valence electrons. The summed E-state index contributed by atoms with van der Waals surface area (Å²) in [5.74, 6) is 2.72. The SMILES string of the molecule is COc1cccc2c(N(C)CC3CC(Br)C3)nccc12. The molecule has 1 aliphatic rings. The van der Waals surface area contributed by atoms with Gasteiger partial charge in [-0.3, -0.25) is 0 Å². The third-order valence-corrected chi connectivity index (χ3v) is 4.78. The molecule has 0 N–H and O–H groups in total. The Bertz CT molecular complexity index is 610. The van der Waals surface area contributed by atoms with Gasteiger partial charge in [0, 0.05) is 35.4 Å². The van der Waals surface area contributed by atoms with Crippen molar-refractivity contribution in [2.24, 2.45) is 5.92 Å². The number of ether oxygens (including phenoxy) is 1. The average molecular weight is 335 g/mol. The Hall–Kier alpha value is -1.29. The second-order valence-electron chi connectivity index (χ2n) is 5.51. The minimum Gasteiger partial charge on any atom is -0.496 e. The largest absolute Gasteiger partial charge is 0.496 e. The third-order valence-electron chi connectivity index (χ3n) is 4.04. The first kappa shape index (κ1) is 13.7. The van der Waals surface area contributed by atoms with E-state index in [4.69, 9.17) is 4.74 Å². The van der Waals surface area contributed by atoms with E-state index in [0.29, 0.717) is 4.83 Å². The number of fused-ring (bicyclic) bond motifs is 1. The molecule has 1 saturated carbocycles. The van der Waals surface area contributed by atoms with E-state index in [1.807, 2.05) is 24.4 Å². The molecule has 0 unspecified atom stereocenters. The summed E-state index contributed by atoms with van der Waals surface area (Å²) >= 11 is 3.65. The number of pyridine rings is 1. The highest BCUT2D eigenvalue weighted by molar-refractivity contribution is 9.09. The van der Waals surface area contributed by atoms with Crippen molar-refractivity contribution in [3.8, 4) is 5.75 Å². The van der Waals surface area contributed by atoms with E-state index >= 15 is 0 Å². The number of benzene rings is 1. The van der Waals surface area contributed by atoms with Gasteiger partial charge in [0.25, 0.3) is 0 Å². The molecule has 4 heteroatoms. The minimum absolute atomic E-state index is 0.710. The van der Waals surface area contributed by atoms with Crippen molar-refractivity contribution in [3.63, 3.8) is 0 Å². The van der Waals surface area contributed by atoms with Crippen LogP contribution in [-0.4, -0.2) is 30.5 Å². The predicted octanol–water partition coefficient (Wildman–Crippen LogP) is 3.85. The molecular weight excluding hydrogens is 316 g/mol. The van der Waals surface area contributed by atoms with Crippen LogP contribution in [0.5, 0.6) is 5.75 Å². The fraction of sp³-hybridized carbons (Fsp3) is 0.438. The van der Waals surface area contributed by atoms with Crippen LogP contribution in [-0.2, 0) is 0 Å². The Morgan fingerprint density at radius 3 is 2.80 bits per heavy atom. The molecule has 20 heavy (non-hydrogen) atoms. The zero-order valence-corrected chi connectivity index (χ0v) is 13.4. The van der Waals surface area contributed by atoms with Gasteiger partial charge in [0.2, 0.25) is 0 Å². The number of hydrogen-bond donors (Lipinski definition) is 0. The highest BCUT2D eigenvalue weighted by Crippen LogP contribution is 2.36. The number of halogens is 1. The van der Waals surface area contributed by atoms with Crippen molar-refractivity contribution in [1.82, 2.24) is 4.98 Å². The average Bonchev–Trinajstić information content (AvgIpc) is 2.44. The summed E-state index contributed by atoms with van der Waals surface area (Å²) in [5, 5.41) is 2.28. The lowest BCUT2D eigenvalue weighted by atomic mass is 9.85. The van der Waals surface area contributed by atoms with Crippen molar-refractivity contribution < 1.29 is 4.74 Å². The lowest BCUT2D eigenvalue weighted by molar-refractivity contribution is 0.339. The van der Waals surface area contributed by atoms with Crippen molar-refractivity contribution in [2.75, 3.05) is 25.6 Å². The molecule has 1 aliphatic carbocycles. The van der Waals surface area contributed by atoms with Crippen LogP contribution < -0.4 is 9.64 Å². The minimum atomic E-state index is 0.710. The Labute approximate surface area is 128 Å². The van der Waals surface area contributed by atoms with E-state index in [-0.39, 0.29) is 0 Å². The fourth-order valence-electron chi connectivity index (χ4n) is 2.92. The topological polar surface area (TPSA) is 25.4 Å². The molecule has 1 aromatic carbocycles. The van der Waals surface area contributed by atoms with Crippen molar-refractivity contribution in [3.05, 3.63) is 30.5 Å². The zero-order chi connectivity index (χ0) is 14.1. The van der Waals surface area contributed by atoms with Gasteiger partial charge in [-0.1, -0.05) is 28.1 Å². The van der Waals surface area contributed by atoms with Crippen LogP contribution in [0.1, 0.15) is 12.8 Å². The number of methoxy groups -OCH3 is 1. The number of rotatable bonds is 4. The van der Waals surface area contributed by atoms with Gasteiger partial charge in [0.1, 0.15) is 11.6 Å². The van der Waals surface area contributed by atoms with Crippen molar-refractivity contribution in [2.45, 2.75) is 17.7 Å². The van der Waals surface area contributed by atoms with Gasteiger partial charge in [-0.25, -0.2) is 4.98 Å². The van der Waals surface area contributed by atoms with Gasteiger partial charge in [0.05, 0.1) is 7.11 Å². The molecule has 3 rings (SSSR count). The number of aromatic nitrogens is 1. The number of anilines is 1. The van der Waals surface area contributed by atoms with Crippen LogP contribution in [0, 0.1) is 5.92 Å². The summed E-state index contributed by atoms with van der Waals surface area (Å²) in [5.41, 5.74) is 0. The standard InChI is InChI=1S/C16H19BrN2O/c1-19(10-11-8-12(17)9-11)16-14-4-3-5-15(20-2)13(14)6-7-18-16/h3-7,11-12H,8-10H2,1-2H3. The van der Waals surface area contributed by atoms with Gasteiger partial charge in [0.15, 0.2) is 0 Å². The molecule has 2 aromatic rings. The van der Waals surface area contributed by atoms with Crippen LogP contribution in [0.4, 0.5) is 5.82 Å². The first-order valence-corrected chi connectivity index (χ1v) is 7.87. The second kappa shape index (κ2) is 5.60. The Balaban J connectivity index is 1.90. The molecule has 0 bridgehead atoms. The van der Waals surface area contributed by atoms with Crippen LogP contribution in [0.15, 0.2) is 30.5 Å². The van der Waals surface area contributed by atoms with Crippen molar-refractivity contribution in [1.29, 1.82) is 0 Å². The molecule has 1 aromatic heterocycles. The lowest BCUT2D eigenvalue weighted by Crippen LogP contribution is -2.35. The van der Waals surface area contributed by atoms with Crippen molar-refractivity contribution >= 4 is 32.5 Å². The molecule has 3 nitrogen and oxygen atoms in total. The number of alkyl halides is 1. The van der Waals surface area contributed by atoms with E-state index in [0.717, 1.165) is 34.8 Å². The quantitative estimate of drug-likeness (QED) is 0.794. The maximum Gasteiger partial charge on any atom is 0.136 e. The van der Waals surface area contributed by atoms with E-state index in [1.165, 1.54) is 12.8 Å². The van der Waals surface area contributed by atoms with E-state index < -0.39 is 0 Å². The van der Waals surface area contributed by atoms with Gasteiger partial charge >= 0.3 is 0 Å². The maximum absolute atomic E-state index is 5.44. The molecule has 1 heterocycles. The normalized spacial score (nSPS) is 21.6. The van der Waals surface area contributed by atoms with Crippen LogP contribution in [0.25, 0.3) is 10.8 Å². The number of nitrogens with zero attached hydrogens (tertiary/aromatic N) is 2. The Morgan fingerprint density at radius 2 is 2.10 bits per heavy atom. The summed E-state index contributed by atoms with van der Waals surface area (Å²) in [4.78, 5) is 7.55. The first-order valence-electron chi connectivity index (χ1n) is 6.96. The van der Waals surface area contributed by atoms with Gasteiger partial charge in [-0.05, 0) is 30.9 Å². The molecule has 0 atom stereocenters. The first-order chi connectivity index (χ1) is 9.69. The fourth-order valence-corrected chi connectivity index (χ4v) is 3.98. The highest BCUT2D eigenvalue weighted by atomic mass is 79.9. The van der Waals surface area contributed by atoms with Crippen LogP contribution in [0.3, 0.4) is 0 Å². The molecule has 1 fully saturated rings. The molecule has 0 amide bonds. The van der Waals surface area contributed by atoms with E-state index in [2.05, 4.69) is 38.9 Å². The third kappa shape index (κ3) is 2.49. The van der Waals surface area contributed by atoms with Crippen LogP contribution >= 0.6 is 15.9 Å². The summed E-state index contributed by atoms with van der Waals surface area (Å²) < 4.78 is 5.44. The zero-order valence-electron chi connectivity index (χ0n) is 11.8. The Kier molecular flexibility index (Phi) is 3.83. The van der Waals surface area contributed by atoms with Gasteiger partial charge in [-0.2, -0.15) is 0 Å². The summed E-state index contributed by atoms with van der Waals surface area (Å²) in [6.07, 6.45) is 4.39. The molecule has 0 spiro atoms. The van der Waals surface area contributed by atoms with E-state index in [1.54, 1.807) is 7.11 Å². The summed E-state index contributed by atoms with van der Waals surface area (Å²) in [7, 11) is 3.84. The summed E-state index contributed by atoms with van der Waals surface area (Å²) in [6, 6.07) is 8.15. The summed E-state index contributed by atoms with van der Waals surface area (Å²) in [6.45, 7) is 1.06. The molecule has 0 saturated heterocycles. The smallest absolute Gasteiger partial charge is 0.136 e. The molecular formula is C16H19BrN2O. The van der Waals surface area contributed by atoms with Gasteiger partial charge < -0.3 is 9.64 Å².